The summed E-state index contributed by atoms with van der Waals surface area (Å²) in [6.45, 7) is 3.48. The predicted octanol–water partition coefficient (Wildman–Crippen LogP) is 3.39. The van der Waals surface area contributed by atoms with E-state index in [-0.39, 0.29) is 12.0 Å². The molecule has 1 fully saturated rings. The molecule has 2 aromatic rings. The average Bonchev–Trinajstić information content (AvgIpc) is 3.10. The van der Waals surface area contributed by atoms with E-state index in [1.54, 1.807) is 0 Å². The van der Waals surface area contributed by atoms with Crippen LogP contribution in [0.25, 0.3) is 0 Å². The molecule has 1 unspecified atom stereocenters. The molecular formula is C17H19BrN4O2. The Hall–Kier alpha value is -1.99. The summed E-state index contributed by atoms with van der Waals surface area (Å²) in [7, 11) is 0. The molecule has 1 aliphatic rings. The number of aromatic nitrogens is 2. The van der Waals surface area contributed by atoms with E-state index >= 15 is 0 Å². The number of rotatable bonds is 5. The third-order valence-electron chi connectivity index (χ3n) is 3.84. The van der Waals surface area contributed by atoms with E-state index in [0.717, 1.165) is 35.2 Å². The van der Waals surface area contributed by atoms with E-state index in [0.29, 0.717) is 18.1 Å². The molecule has 1 aliphatic heterocycles. The van der Waals surface area contributed by atoms with Crippen LogP contribution < -0.4 is 10.6 Å². The van der Waals surface area contributed by atoms with Crippen LogP contribution in [0.1, 0.15) is 28.8 Å². The first-order valence-electron chi connectivity index (χ1n) is 7.87. The van der Waals surface area contributed by atoms with Gasteiger partial charge in [0.2, 0.25) is 5.95 Å². The van der Waals surface area contributed by atoms with E-state index < -0.39 is 0 Å². The van der Waals surface area contributed by atoms with Crippen molar-refractivity contribution in [3.05, 3.63) is 46.2 Å². The number of anilines is 2. The number of amides is 1. The quantitative estimate of drug-likeness (QED) is 0.817. The molecule has 1 aromatic heterocycles. The van der Waals surface area contributed by atoms with E-state index in [1.165, 1.54) is 12.4 Å². The Kier molecular flexibility index (Phi) is 5.42. The van der Waals surface area contributed by atoms with Crippen LogP contribution in [0.2, 0.25) is 0 Å². The predicted molar refractivity (Wildman–Crippen MR) is 96.3 cm³/mol. The minimum absolute atomic E-state index is 0.220. The summed E-state index contributed by atoms with van der Waals surface area (Å²) in [6.07, 6.45) is 5.41. The number of aryl methyl sites for hydroxylation is 1. The van der Waals surface area contributed by atoms with Gasteiger partial charge in [0, 0.05) is 35.7 Å². The minimum atomic E-state index is -0.234. The highest BCUT2D eigenvalue weighted by Gasteiger charge is 2.15. The Balaban J connectivity index is 1.57. The zero-order valence-corrected chi connectivity index (χ0v) is 15.0. The molecule has 1 atom stereocenters. The molecule has 1 amide bonds. The van der Waals surface area contributed by atoms with Gasteiger partial charge in [-0.3, -0.25) is 4.79 Å². The fourth-order valence-electron chi connectivity index (χ4n) is 2.47. The van der Waals surface area contributed by atoms with Crippen molar-refractivity contribution in [2.45, 2.75) is 25.9 Å². The molecule has 126 valence electrons. The molecule has 24 heavy (non-hydrogen) atoms. The van der Waals surface area contributed by atoms with Gasteiger partial charge in [-0.2, -0.15) is 0 Å². The van der Waals surface area contributed by atoms with Crippen molar-refractivity contribution >= 4 is 33.5 Å². The van der Waals surface area contributed by atoms with E-state index in [4.69, 9.17) is 4.74 Å². The van der Waals surface area contributed by atoms with Crippen molar-refractivity contribution in [3.8, 4) is 0 Å². The highest BCUT2D eigenvalue weighted by molar-refractivity contribution is 9.10. The van der Waals surface area contributed by atoms with Crippen LogP contribution in [0.4, 0.5) is 11.6 Å². The van der Waals surface area contributed by atoms with Gasteiger partial charge in [0.15, 0.2) is 0 Å². The first-order valence-corrected chi connectivity index (χ1v) is 8.66. The third-order valence-corrected chi connectivity index (χ3v) is 4.73. The zero-order valence-electron chi connectivity index (χ0n) is 13.4. The number of nitrogens with zero attached hydrogens (tertiary/aromatic N) is 2. The summed E-state index contributed by atoms with van der Waals surface area (Å²) in [5.41, 5.74) is 2.21. The fraction of sp³-hybridized carbons (Fsp3) is 0.353. The van der Waals surface area contributed by atoms with Crippen molar-refractivity contribution in [2.75, 3.05) is 23.8 Å². The second kappa shape index (κ2) is 7.72. The van der Waals surface area contributed by atoms with E-state index in [1.807, 2.05) is 25.1 Å². The van der Waals surface area contributed by atoms with Gasteiger partial charge >= 0.3 is 0 Å². The van der Waals surface area contributed by atoms with Crippen LogP contribution in [0, 0.1) is 6.92 Å². The lowest BCUT2D eigenvalue weighted by Crippen LogP contribution is -2.20. The number of nitrogens with one attached hydrogen (secondary N) is 2. The Bertz CT molecular complexity index is 715. The van der Waals surface area contributed by atoms with Gasteiger partial charge in [0.05, 0.1) is 11.7 Å². The maximum absolute atomic E-state index is 12.2. The number of hydrogen-bond acceptors (Lipinski definition) is 5. The molecule has 2 N–H and O–H groups in total. The summed E-state index contributed by atoms with van der Waals surface area (Å²) in [4.78, 5) is 20.6. The van der Waals surface area contributed by atoms with Crippen LogP contribution in [0.15, 0.2) is 35.1 Å². The number of benzene rings is 1. The third kappa shape index (κ3) is 4.30. The normalized spacial score (nSPS) is 16.8. The molecule has 3 rings (SSSR count). The van der Waals surface area contributed by atoms with Gasteiger partial charge in [0.25, 0.3) is 5.91 Å². The van der Waals surface area contributed by atoms with Crippen LogP contribution in [-0.2, 0) is 4.74 Å². The van der Waals surface area contributed by atoms with Crippen LogP contribution in [-0.4, -0.2) is 35.1 Å². The molecule has 0 aliphatic carbocycles. The van der Waals surface area contributed by atoms with Crippen molar-refractivity contribution in [1.82, 2.24) is 9.97 Å². The molecule has 0 saturated carbocycles. The Morgan fingerprint density at radius 2 is 2.17 bits per heavy atom. The van der Waals surface area contributed by atoms with Gasteiger partial charge in [0.1, 0.15) is 0 Å². The second-order valence-corrected chi connectivity index (χ2v) is 6.58. The van der Waals surface area contributed by atoms with E-state index in [2.05, 4.69) is 36.5 Å². The van der Waals surface area contributed by atoms with Crippen molar-refractivity contribution in [1.29, 1.82) is 0 Å². The average molecular weight is 391 g/mol. The van der Waals surface area contributed by atoms with Crippen LogP contribution in [0.5, 0.6) is 0 Å². The summed E-state index contributed by atoms with van der Waals surface area (Å²) >= 11 is 3.44. The maximum Gasteiger partial charge on any atom is 0.258 e. The molecule has 1 saturated heterocycles. The van der Waals surface area contributed by atoms with Gasteiger partial charge < -0.3 is 15.4 Å². The Morgan fingerprint density at radius 1 is 1.38 bits per heavy atom. The number of halogens is 1. The first kappa shape index (κ1) is 16.9. The van der Waals surface area contributed by atoms with Gasteiger partial charge in [-0.1, -0.05) is 15.9 Å². The lowest BCUT2D eigenvalue weighted by Gasteiger charge is -2.11. The summed E-state index contributed by atoms with van der Waals surface area (Å²) in [5, 5.41) is 5.97. The molecule has 7 heteroatoms. The number of ether oxygens (including phenoxy) is 1. The van der Waals surface area contributed by atoms with Gasteiger partial charge in [-0.25, -0.2) is 9.97 Å². The molecule has 0 radical (unpaired) electrons. The standard InChI is InChI=1S/C17H19BrN4O2/c1-11-7-13(4-5-15(11)18)22-16(23)12-8-19-17(20-9-12)21-10-14-3-2-6-24-14/h4-5,7-9,14H,2-3,6,10H2,1H3,(H,22,23)(H,19,20,21). The molecule has 6 nitrogen and oxygen atoms in total. The summed E-state index contributed by atoms with van der Waals surface area (Å²) in [5.74, 6) is 0.268. The lowest BCUT2D eigenvalue weighted by molar-refractivity contribution is 0.102. The highest BCUT2D eigenvalue weighted by Crippen LogP contribution is 2.20. The van der Waals surface area contributed by atoms with Crippen LogP contribution >= 0.6 is 15.9 Å². The SMILES string of the molecule is Cc1cc(NC(=O)c2cnc(NCC3CCCO3)nc2)ccc1Br. The van der Waals surface area contributed by atoms with Crippen molar-refractivity contribution in [2.24, 2.45) is 0 Å². The molecule has 2 heterocycles. The molecule has 0 spiro atoms. The van der Waals surface area contributed by atoms with Gasteiger partial charge in [-0.05, 0) is 43.5 Å². The fourth-order valence-corrected chi connectivity index (χ4v) is 2.72. The monoisotopic (exact) mass is 390 g/mol. The maximum atomic E-state index is 12.2. The van der Waals surface area contributed by atoms with Crippen LogP contribution in [0.3, 0.4) is 0 Å². The summed E-state index contributed by atoms with van der Waals surface area (Å²) < 4.78 is 6.54. The largest absolute Gasteiger partial charge is 0.376 e. The van der Waals surface area contributed by atoms with Crippen molar-refractivity contribution < 1.29 is 9.53 Å². The molecule has 0 bridgehead atoms. The summed E-state index contributed by atoms with van der Waals surface area (Å²) in [6, 6.07) is 5.65. The number of carbonyl (C=O) groups excluding carboxylic acids is 1. The lowest BCUT2D eigenvalue weighted by atomic mass is 10.2. The van der Waals surface area contributed by atoms with Gasteiger partial charge in [-0.15, -0.1) is 0 Å². The minimum Gasteiger partial charge on any atom is -0.376 e. The second-order valence-electron chi connectivity index (χ2n) is 5.73. The Labute approximate surface area is 149 Å². The number of hydrogen-bond donors (Lipinski definition) is 2. The smallest absolute Gasteiger partial charge is 0.258 e. The zero-order chi connectivity index (χ0) is 16.9. The molecular weight excluding hydrogens is 372 g/mol. The van der Waals surface area contributed by atoms with Crippen molar-refractivity contribution in [3.63, 3.8) is 0 Å². The first-order chi connectivity index (χ1) is 11.6. The Morgan fingerprint density at radius 3 is 2.83 bits per heavy atom. The highest BCUT2D eigenvalue weighted by atomic mass is 79.9. The van der Waals surface area contributed by atoms with E-state index in [9.17, 15) is 4.79 Å². The number of carbonyl (C=O) groups is 1. The topological polar surface area (TPSA) is 76.1 Å². The molecule has 1 aromatic carbocycles.